The first kappa shape index (κ1) is 53.4. The van der Waals surface area contributed by atoms with Gasteiger partial charge in [-0.3, -0.25) is 18.6 Å². The Kier molecular flexibility index (Phi) is 36.8. The molecule has 0 saturated heterocycles. The van der Waals surface area contributed by atoms with Gasteiger partial charge in [0.25, 0.3) is 0 Å². The summed E-state index contributed by atoms with van der Waals surface area (Å²) in [4.78, 5) is 35.0. The Hall–Kier alpha value is -1.63. The normalized spacial score (nSPS) is 15.3. The van der Waals surface area contributed by atoms with Crippen molar-refractivity contribution in [3.63, 3.8) is 0 Å². The molecule has 1 unspecified atom stereocenters. The lowest BCUT2D eigenvalue weighted by molar-refractivity contribution is -0.161. The smallest absolute Gasteiger partial charge is 0.462 e. The molecular formula is C42H79O12P. The third-order valence-electron chi connectivity index (χ3n) is 9.28. The standard InChI is InChI=1S/C42H79O12P/c1-3-5-7-9-11-12-13-14-15-16-17-18-19-23-27-31-41(47)51-35-38(36-53-55(49,50)52-34-37(44)33-43)54-42(48)32-28-24-20-22-26-30-40(46)39(45)29-25-21-10-8-6-4-2/h14-15,21,25,37-40,43-46H,3-13,16-20,22-24,26-36H2,1-2H3,(H,49,50)/b15-14-,25-21-/t37-,38+,39-,40-/m0/s1. The highest BCUT2D eigenvalue weighted by molar-refractivity contribution is 7.47. The first-order valence-corrected chi connectivity index (χ1v) is 23.0. The highest BCUT2D eigenvalue weighted by Crippen LogP contribution is 2.43. The van der Waals surface area contributed by atoms with Crippen molar-refractivity contribution in [2.75, 3.05) is 26.4 Å². The van der Waals surface area contributed by atoms with Crippen molar-refractivity contribution in [1.29, 1.82) is 0 Å². The van der Waals surface area contributed by atoms with Crippen LogP contribution in [0.15, 0.2) is 24.3 Å². The second-order valence-electron chi connectivity index (χ2n) is 14.7. The number of hydrogen-bond acceptors (Lipinski definition) is 11. The number of aliphatic hydroxyl groups is 4. The Bertz CT molecular complexity index is 1010. The maximum atomic E-state index is 12.6. The van der Waals surface area contributed by atoms with Crippen LogP contribution in [0.25, 0.3) is 0 Å². The summed E-state index contributed by atoms with van der Waals surface area (Å²) in [5.74, 6) is -1.04. The molecule has 0 aliphatic rings. The summed E-state index contributed by atoms with van der Waals surface area (Å²) in [6.07, 6.45) is 28.8. The van der Waals surface area contributed by atoms with Gasteiger partial charge in [-0.1, -0.05) is 128 Å². The molecule has 0 fully saturated rings. The quantitative estimate of drug-likeness (QED) is 0.0171. The van der Waals surface area contributed by atoms with Crippen molar-refractivity contribution >= 4 is 19.8 Å². The van der Waals surface area contributed by atoms with E-state index in [0.717, 1.165) is 77.0 Å². The predicted molar refractivity (Wildman–Crippen MR) is 217 cm³/mol. The summed E-state index contributed by atoms with van der Waals surface area (Å²) < 4.78 is 32.6. The fourth-order valence-electron chi connectivity index (χ4n) is 5.77. The summed E-state index contributed by atoms with van der Waals surface area (Å²) in [6.45, 7) is 2.13. The maximum Gasteiger partial charge on any atom is 0.472 e. The number of carbonyl (C=O) groups excluding carboxylic acids is 2. The predicted octanol–water partition coefficient (Wildman–Crippen LogP) is 8.94. The first-order chi connectivity index (χ1) is 26.5. The average Bonchev–Trinajstić information content (AvgIpc) is 3.17. The first-order valence-electron chi connectivity index (χ1n) is 21.5. The van der Waals surface area contributed by atoms with Crippen molar-refractivity contribution in [3.8, 4) is 0 Å². The van der Waals surface area contributed by atoms with Crippen LogP contribution in [0.1, 0.15) is 181 Å². The molecule has 5 N–H and O–H groups in total. The highest BCUT2D eigenvalue weighted by Gasteiger charge is 2.27. The summed E-state index contributed by atoms with van der Waals surface area (Å²) in [6, 6.07) is 0. The fourth-order valence-corrected chi connectivity index (χ4v) is 6.56. The van der Waals surface area contributed by atoms with Gasteiger partial charge in [-0.2, -0.15) is 0 Å². The van der Waals surface area contributed by atoms with E-state index in [9.17, 15) is 34.4 Å². The molecule has 0 aromatic heterocycles. The number of ether oxygens (including phenoxy) is 2. The van der Waals surface area contributed by atoms with Gasteiger partial charge in [0.1, 0.15) is 12.7 Å². The molecule has 0 aliphatic carbocycles. The van der Waals surface area contributed by atoms with Crippen molar-refractivity contribution in [2.24, 2.45) is 0 Å². The van der Waals surface area contributed by atoms with E-state index in [1.807, 2.05) is 6.08 Å². The van der Waals surface area contributed by atoms with Crippen molar-refractivity contribution < 1.29 is 58.0 Å². The van der Waals surface area contributed by atoms with Gasteiger partial charge in [-0.05, 0) is 64.2 Å². The monoisotopic (exact) mass is 807 g/mol. The number of carbonyl (C=O) groups is 2. The van der Waals surface area contributed by atoms with Crippen molar-refractivity contribution in [3.05, 3.63) is 24.3 Å². The van der Waals surface area contributed by atoms with E-state index in [-0.39, 0.29) is 19.4 Å². The molecule has 0 spiro atoms. The zero-order valence-electron chi connectivity index (χ0n) is 34.4. The van der Waals surface area contributed by atoms with E-state index in [2.05, 4.69) is 36.6 Å². The van der Waals surface area contributed by atoms with Crippen LogP contribution in [0.3, 0.4) is 0 Å². The molecule has 0 aliphatic heterocycles. The van der Waals surface area contributed by atoms with Crippen LogP contribution in [0.2, 0.25) is 0 Å². The number of allylic oxidation sites excluding steroid dienone is 3. The molecule has 0 radical (unpaired) electrons. The minimum Gasteiger partial charge on any atom is -0.462 e. The number of phosphoric ester groups is 1. The molecule has 0 aromatic rings. The lowest BCUT2D eigenvalue weighted by Crippen LogP contribution is -2.29. The summed E-state index contributed by atoms with van der Waals surface area (Å²) in [5.41, 5.74) is 0. The van der Waals surface area contributed by atoms with E-state index in [4.69, 9.17) is 19.1 Å². The lowest BCUT2D eigenvalue weighted by atomic mass is 10.0. The van der Waals surface area contributed by atoms with Gasteiger partial charge in [-0.25, -0.2) is 4.57 Å². The largest absolute Gasteiger partial charge is 0.472 e. The van der Waals surface area contributed by atoms with Gasteiger partial charge in [0.2, 0.25) is 0 Å². The van der Waals surface area contributed by atoms with Gasteiger partial charge < -0.3 is 34.8 Å². The maximum absolute atomic E-state index is 12.6. The number of rotatable bonds is 40. The van der Waals surface area contributed by atoms with Gasteiger partial charge in [-0.15, -0.1) is 0 Å². The summed E-state index contributed by atoms with van der Waals surface area (Å²) in [7, 11) is -4.66. The Balaban J connectivity index is 4.44. The van der Waals surface area contributed by atoms with Gasteiger partial charge >= 0.3 is 19.8 Å². The molecule has 0 bridgehead atoms. The third kappa shape index (κ3) is 36.5. The van der Waals surface area contributed by atoms with Crippen LogP contribution in [-0.2, 0) is 32.7 Å². The number of aliphatic hydroxyl groups excluding tert-OH is 4. The molecule has 0 heterocycles. The second-order valence-corrected chi connectivity index (χ2v) is 16.1. The van der Waals surface area contributed by atoms with E-state index in [0.29, 0.717) is 25.7 Å². The number of esters is 2. The van der Waals surface area contributed by atoms with Crippen LogP contribution in [0.5, 0.6) is 0 Å². The van der Waals surface area contributed by atoms with E-state index in [1.165, 1.54) is 51.4 Å². The van der Waals surface area contributed by atoms with Crippen LogP contribution < -0.4 is 0 Å². The molecule has 55 heavy (non-hydrogen) atoms. The average molecular weight is 807 g/mol. The molecule has 5 atom stereocenters. The van der Waals surface area contributed by atoms with E-state index < -0.39 is 64.0 Å². The number of phosphoric acid groups is 1. The molecule has 0 rings (SSSR count). The van der Waals surface area contributed by atoms with Crippen LogP contribution in [-0.4, -0.2) is 88.1 Å². The van der Waals surface area contributed by atoms with E-state index in [1.54, 1.807) is 0 Å². The van der Waals surface area contributed by atoms with Crippen LogP contribution >= 0.6 is 7.82 Å². The molecular weight excluding hydrogens is 727 g/mol. The summed E-state index contributed by atoms with van der Waals surface area (Å²) >= 11 is 0. The van der Waals surface area contributed by atoms with Gasteiger partial charge in [0.05, 0.1) is 32.0 Å². The van der Waals surface area contributed by atoms with Crippen molar-refractivity contribution in [2.45, 2.75) is 205 Å². The molecule has 324 valence electrons. The Morgan fingerprint density at radius 2 is 1.05 bits per heavy atom. The number of unbranched alkanes of at least 4 members (excludes halogenated alkanes) is 18. The van der Waals surface area contributed by atoms with Crippen LogP contribution in [0, 0.1) is 0 Å². The minimum atomic E-state index is -4.66. The zero-order valence-corrected chi connectivity index (χ0v) is 35.3. The fraction of sp³-hybridized carbons (Fsp3) is 0.857. The second kappa shape index (κ2) is 37.9. The topological polar surface area (TPSA) is 189 Å². The lowest BCUT2D eigenvalue weighted by Gasteiger charge is -2.20. The molecule has 12 nitrogen and oxygen atoms in total. The third-order valence-corrected chi connectivity index (χ3v) is 10.2. The van der Waals surface area contributed by atoms with Crippen molar-refractivity contribution in [1.82, 2.24) is 0 Å². The van der Waals surface area contributed by atoms with Gasteiger partial charge in [0, 0.05) is 12.8 Å². The molecule has 0 amide bonds. The molecule has 0 saturated carbocycles. The van der Waals surface area contributed by atoms with Gasteiger partial charge in [0.15, 0.2) is 6.10 Å². The minimum absolute atomic E-state index is 0.0846. The molecule has 13 heteroatoms. The summed E-state index contributed by atoms with van der Waals surface area (Å²) in [5, 5.41) is 38.7. The Labute approximate surface area is 333 Å². The molecule has 0 aromatic carbocycles. The highest BCUT2D eigenvalue weighted by atomic mass is 31.2. The van der Waals surface area contributed by atoms with E-state index >= 15 is 0 Å². The zero-order chi connectivity index (χ0) is 40.8. The Morgan fingerprint density at radius 3 is 1.65 bits per heavy atom. The Morgan fingerprint density at radius 1 is 0.582 bits per heavy atom. The van der Waals surface area contributed by atoms with Crippen LogP contribution in [0.4, 0.5) is 0 Å². The SMILES string of the molecule is CCCCC/C=C\C[C@H](O)[C@@H](O)CCCCCCCC(=O)O[C@H](COC(=O)CCCCCCC/C=C\CCCCCCCC)COP(=O)(O)OC[C@@H](O)CO. The number of hydrogen-bond donors (Lipinski definition) is 5.